The summed E-state index contributed by atoms with van der Waals surface area (Å²) in [5.74, 6) is -0.948. The lowest BCUT2D eigenvalue weighted by atomic mass is 9.99. The molecule has 18 heavy (non-hydrogen) atoms. The number of ketones is 1. The van der Waals surface area contributed by atoms with E-state index < -0.39 is 11.6 Å². The number of aromatic nitrogens is 1. The first-order valence-corrected chi connectivity index (χ1v) is 5.80. The number of hydrogen-bond donors (Lipinski definition) is 0. The first kappa shape index (κ1) is 12.7. The standard InChI is InChI=1S/C14H11ClFNO/c1-8-5-9(2)13(11(16)6-8)14(18)12-4-3-10(15)7-17-12/h3-7H,1-2H3. The van der Waals surface area contributed by atoms with Gasteiger partial charge in [-0.05, 0) is 43.2 Å². The topological polar surface area (TPSA) is 30.0 Å². The Hall–Kier alpha value is -1.74. The summed E-state index contributed by atoms with van der Waals surface area (Å²) in [4.78, 5) is 16.1. The van der Waals surface area contributed by atoms with Crippen molar-refractivity contribution in [2.24, 2.45) is 0 Å². The van der Waals surface area contributed by atoms with Crippen molar-refractivity contribution in [1.29, 1.82) is 0 Å². The van der Waals surface area contributed by atoms with E-state index in [0.29, 0.717) is 10.6 Å². The predicted octanol–water partition coefficient (Wildman–Crippen LogP) is 3.72. The Morgan fingerprint density at radius 3 is 2.56 bits per heavy atom. The first-order chi connectivity index (χ1) is 8.49. The highest BCUT2D eigenvalue weighted by atomic mass is 35.5. The van der Waals surface area contributed by atoms with E-state index in [-0.39, 0.29) is 11.3 Å². The molecule has 0 amide bonds. The quantitative estimate of drug-likeness (QED) is 0.773. The van der Waals surface area contributed by atoms with E-state index >= 15 is 0 Å². The smallest absolute Gasteiger partial charge is 0.214 e. The average Bonchev–Trinajstić information content (AvgIpc) is 2.28. The molecule has 1 aromatic heterocycles. The molecule has 0 spiro atoms. The average molecular weight is 264 g/mol. The van der Waals surface area contributed by atoms with Crippen LogP contribution in [0.2, 0.25) is 5.02 Å². The molecule has 2 nitrogen and oxygen atoms in total. The van der Waals surface area contributed by atoms with Gasteiger partial charge in [0, 0.05) is 6.20 Å². The van der Waals surface area contributed by atoms with Crippen LogP contribution >= 0.6 is 11.6 Å². The molecule has 2 aromatic rings. The second-order valence-electron chi connectivity index (χ2n) is 4.13. The molecule has 0 N–H and O–H groups in total. The molecule has 0 saturated carbocycles. The lowest BCUT2D eigenvalue weighted by Crippen LogP contribution is -2.09. The molecule has 0 aliphatic rings. The third kappa shape index (κ3) is 2.41. The SMILES string of the molecule is Cc1cc(C)c(C(=O)c2ccc(Cl)cn2)c(F)c1. The Bertz CT molecular complexity index is 585. The minimum atomic E-state index is -0.519. The maximum Gasteiger partial charge on any atom is 0.214 e. The number of halogens is 2. The van der Waals surface area contributed by atoms with Gasteiger partial charge >= 0.3 is 0 Å². The highest BCUT2D eigenvalue weighted by Gasteiger charge is 2.18. The number of pyridine rings is 1. The lowest BCUT2D eigenvalue weighted by Gasteiger charge is -2.07. The number of hydrogen-bond acceptors (Lipinski definition) is 2. The Labute approximate surface area is 109 Å². The van der Waals surface area contributed by atoms with E-state index in [0.717, 1.165) is 5.56 Å². The van der Waals surface area contributed by atoms with Gasteiger partial charge in [0.2, 0.25) is 5.78 Å². The van der Waals surface area contributed by atoms with Crippen molar-refractivity contribution in [2.75, 3.05) is 0 Å². The van der Waals surface area contributed by atoms with Crippen molar-refractivity contribution in [3.05, 3.63) is 63.7 Å². The van der Waals surface area contributed by atoms with Gasteiger partial charge < -0.3 is 0 Å². The van der Waals surface area contributed by atoms with Crippen LogP contribution < -0.4 is 0 Å². The summed E-state index contributed by atoms with van der Waals surface area (Å²) in [5.41, 5.74) is 1.64. The summed E-state index contributed by atoms with van der Waals surface area (Å²) in [7, 11) is 0. The normalized spacial score (nSPS) is 10.4. The van der Waals surface area contributed by atoms with E-state index in [2.05, 4.69) is 4.98 Å². The summed E-state index contributed by atoms with van der Waals surface area (Å²) in [5, 5.41) is 0.438. The van der Waals surface area contributed by atoms with E-state index in [1.54, 1.807) is 26.0 Å². The van der Waals surface area contributed by atoms with Crippen LogP contribution in [0.3, 0.4) is 0 Å². The maximum atomic E-state index is 13.9. The minimum absolute atomic E-state index is 0.0652. The van der Waals surface area contributed by atoms with Gasteiger partial charge in [-0.15, -0.1) is 0 Å². The Morgan fingerprint density at radius 1 is 1.28 bits per heavy atom. The molecule has 0 saturated heterocycles. The summed E-state index contributed by atoms with van der Waals surface area (Å²) >= 11 is 5.70. The number of carbonyl (C=O) groups is 1. The number of nitrogens with zero attached hydrogens (tertiary/aromatic N) is 1. The van der Waals surface area contributed by atoms with Gasteiger partial charge in [-0.1, -0.05) is 17.7 Å². The Balaban J connectivity index is 2.49. The van der Waals surface area contributed by atoms with Crippen molar-refractivity contribution in [3.63, 3.8) is 0 Å². The fourth-order valence-electron chi connectivity index (χ4n) is 1.84. The van der Waals surface area contributed by atoms with Crippen LogP contribution in [-0.4, -0.2) is 10.8 Å². The molecule has 4 heteroatoms. The molecule has 0 radical (unpaired) electrons. The van der Waals surface area contributed by atoms with E-state index in [1.165, 1.54) is 18.3 Å². The molecule has 0 aliphatic carbocycles. The molecular weight excluding hydrogens is 253 g/mol. The fraction of sp³-hybridized carbons (Fsp3) is 0.143. The summed E-state index contributed by atoms with van der Waals surface area (Å²) in [6, 6.07) is 6.16. The van der Waals surface area contributed by atoms with Crippen LogP contribution in [0.4, 0.5) is 4.39 Å². The van der Waals surface area contributed by atoms with E-state index in [1.807, 2.05) is 0 Å². The highest BCUT2D eigenvalue weighted by Crippen LogP contribution is 2.19. The molecule has 0 aliphatic heterocycles. The van der Waals surface area contributed by atoms with E-state index in [9.17, 15) is 9.18 Å². The third-order valence-corrected chi connectivity index (χ3v) is 2.84. The zero-order chi connectivity index (χ0) is 13.3. The van der Waals surface area contributed by atoms with E-state index in [4.69, 9.17) is 11.6 Å². The molecular formula is C14H11ClFNO. The van der Waals surface area contributed by atoms with Crippen molar-refractivity contribution in [3.8, 4) is 0 Å². The predicted molar refractivity (Wildman–Crippen MR) is 68.6 cm³/mol. The van der Waals surface area contributed by atoms with Crippen molar-refractivity contribution < 1.29 is 9.18 Å². The van der Waals surface area contributed by atoms with Crippen molar-refractivity contribution in [2.45, 2.75) is 13.8 Å². The number of rotatable bonds is 2. The molecule has 92 valence electrons. The van der Waals surface area contributed by atoms with Crippen LogP contribution in [-0.2, 0) is 0 Å². The summed E-state index contributed by atoms with van der Waals surface area (Å²) in [6.07, 6.45) is 1.37. The Morgan fingerprint density at radius 2 is 2.00 bits per heavy atom. The lowest BCUT2D eigenvalue weighted by molar-refractivity contribution is 0.103. The van der Waals surface area contributed by atoms with Crippen LogP contribution in [0, 0.1) is 19.7 Å². The highest BCUT2D eigenvalue weighted by molar-refractivity contribution is 6.30. The molecule has 1 aromatic carbocycles. The van der Waals surface area contributed by atoms with Gasteiger partial charge in [0.15, 0.2) is 0 Å². The molecule has 0 atom stereocenters. The van der Waals surface area contributed by atoms with Crippen LogP contribution in [0.15, 0.2) is 30.5 Å². The maximum absolute atomic E-state index is 13.9. The van der Waals surface area contributed by atoms with Gasteiger partial charge in [-0.3, -0.25) is 9.78 Å². The molecule has 0 unspecified atom stereocenters. The zero-order valence-electron chi connectivity index (χ0n) is 10.00. The van der Waals surface area contributed by atoms with Crippen LogP contribution in [0.25, 0.3) is 0 Å². The fourth-order valence-corrected chi connectivity index (χ4v) is 1.95. The van der Waals surface area contributed by atoms with Crippen molar-refractivity contribution >= 4 is 17.4 Å². The summed E-state index contributed by atoms with van der Waals surface area (Å²) < 4.78 is 13.9. The van der Waals surface area contributed by atoms with Crippen LogP contribution in [0.5, 0.6) is 0 Å². The first-order valence-electron chi connectivity index (χ1n) is 5.42. The number of carbonyl (C=O) groups excluding carboxylic acids is 1. The second kappa shape index (κ2) is 4.86. The minimum Gasteiger partial charge on any atom is -0.287 e. The zero-order valence-corrected chi connectivity index (χ0v) is 10.8. The second-order valence-corrected chi connectivity index (χ2v) is 4.57. The monoisotopic (exact) mass is 263 g/mol. The third-order valence-electron chi connectivity index (χ3n) is 2.62. The Kier molecular flexibility index (Phi) is 3.43. The van der Waals surface area contributed by atoms with Gasteiger partial charge in [0.05, 0.1) is 10.6 Å². The summed E-state index contributed by atoms with van der Waals surface area (Å²) in [6.45, 7) is 3.49. The van der Waals surface area contributed by atoms with Crippen molar-refractivity contribution in [1.82, 2.24) is 4.98 Å². The largest absolute Gasteiger partial charge is 0.287 e. The molecule has 1 heterocycles. The molecule has 0 bridgehead atoms. The van der Waals surface area contributed by atoms with Gasteiger partial charge in [-0.2, -0.15) is 0 Å². The number of benzene rings is 1. The van der Waals surface area contributed by atoms with Gasteiger partial charge in [0.25, 0.3) is 0 Å². The van der Waals surface area contributed by atoms with Gasteiger partial charge in [-0.25, -0.2) is 4.39 Å². The van der Waals surface area contributed by atoms with Gasteiger partial charge in [0.1, 0.15) is 11.5 Å². The molecule has 2 rings (SSSR count). The number of aryl methyl sites for hydroxylation is 2. The van der Waals surface area contributed by atoms with Crippen LogP contribution in [0.1, 0.15) is 27.2 Å². The molecule has 0 fully saturated rings.